The molecule has 0 heterocycles. The third-order valence-corrected chi connectivity index (χ3v) is 5.65. The number of nitrogens with two attached hydrogens (primary N) is 1. The van der Waals surface area contributed by atoms with Gasteiger partial charge in [-0.1, -0.05) is 53.2 Å². The van der Waals surface area contributed by atoms with Gasteiger partial charge in [-0.15, -0.1) is 0 Å². The summed E-state index contributed by atoms with van der Waals surface area (Å²) in [4.78, 5) is 25.2. The standard InChI is InChI=1S/C27H28BrN3O5/c1-18(9-14-25(33)31-24-8-3-2-7-23(24)29)26(19-5-4-6-22(17-19)35-16-15-32)36-27(34)30-21-12-10-20(28)11-13-21/h2-14,17-18,26,32H,15-16,29H2,1H3,(H,30,34)(H,31,33)/b14-9+/t18-,26+/m1/s1. The molecule has 0 aliphatic heterocycles. The molecular formula is C27H28BrN3O5. The van der Waals surface area contributed by atoms with Crippen LogP contribution in [0.2, 0.25) is 0 Å². The van der Waals surface area contributed by atoms with E-state index in [-0.39, 0.29) is 25.0 Å². The number of anilines is 3. The number of hydrogen-bond acceptors (Lipinski definition) is 6. The zero-order valence-electron chi connectivity index (χ0n) is 19.7. The van der Waals surface area contributed by atoms with Gasteiger partial charge in [-0.2, -0.15) is 0 Å². The van der Waals surface area contributed by atoms with Crippen LogP contribution in [0.25, 0.3) is 0 Å². The van der Waals surface area contributed by atoms with Crippen LogP contribution in [0.3, 0.4) is 0 Å². The maximum Gasteiger partial charge on any atom is 0.412 e. The van der Waals surface area contributed by atoms with Gasteiger partial charge in [0.1, 0.15) is 18.5 Å². The molecule has 9 heteroatoms. The highest BCUT2D eigenvalue weighted by atomic mass is 79.9. The summed E-state index contributed by atoms with van der Waals surface area (Å²) in [6, 6.07) is 21.1. The summed E-state index contributed by atoms with van der Waals surface area (Å²) in [5.41, 5.74) is 8.10. The number of aliphatic hydroxyl groups is 1. The van der Waals surface area contributed by atoms with E-state index in [9.17, 15) is 9.59 Å². The van der Waals surface area contributed by atoms with Crippen molar-refractivity contribution in [1.29, 1.82) is 0 Å². The molecule has 2 amide bonds. The first-order valence-electron chi connectivity index (χ1n) is 11.3. The maximum atomic E-state index is 12.7. The van der Waals surface area contributed by atoms with Gasteiger partial charge in [-0.3, -0.25) is 10.1 Å². The molecule has 0 fully saturated rings. The van der Waals surface area contributed by atoms with Crippen LogP contribution in [-0.2, 0) is 9.53 Å². The number of rotatable bonds is 10. The molecule has 0 aliphatic rings. The Hall–Kier alpha value is -3.82. The monoisotopic (exact) mass is 553 g/mol. The lowest BCUT2D eigenvalue weighted by molar-refractivity contribution is -0.111. The Labute approximate surface area is 218 Å². The summed E-state index contributed by atoms with van der Waals surface area (Å²) in [7, 11) is 0. The minimum atomic E-state index is -0.732. The Bertz CT molecular complexity index is 1200. The smallest absolute Gasteiger partial charge is 0.412 e. The molecule has 0 radical (unpaired) electrons. The summed E-state index contributed by atoms with van der Waals surface area (Å²) >= 11 is 3.36. The van der Waals surface area contributed by atoms with Crippen LogP contribution in [0.15, 0.2) is 89.4 Å². The topological polar surface area (TPSA) is 123 Å². The summed E-state index contributed by atoms with van der Waals surface area (Å²) in [6.45, 7) is 1.84. The second-order valence-corrected chi connectivity index (χ2v) is 8.81. The van der Waals surface area contributed by atoms with E-state index in [1.165, 1.54) is 6.08 Å². The number of carbonyl (C=O) groups excluding carboxylic acids is 2. The molecule has 3 rings (SSSR count). The second kappa shape index (κ2) is 13.3. The Balaban J connectivity index is 1.77. The van der Waals surface area contributed by atoms with Crippen LogP contribution in [0.5, 0.6) is 5.75 Å². The quantitative estimate of drug-likeness (QED) is 0.193. The summed E-state index contributed by atoms with van der Waals surface area (Å²) in [5.74, 6) is -0.220. The van der Waals surface area contributed by atoms with Crippen molar-refractivity contribution in [1.82, 2.24) is 0 Å². The first-order chi connectivity index (χ1) is 17.4. The molecule has 0 saturated carbocycles. The van der Waals surface area contributed by atoms with Crippen LogP contribution in [0, 0.1) is 5.92 Å². The molecule has 36 heavy (non-hydrogen) atoms. The molecule has 188 valence electrons. The molecule has 5 N–H and O–H groups in total. The Morgan fingerprint density at radius 2 is 1.81 bits per heavy atom. The number of nitrogens with one attached hydrogen (secondary N) is 2. The molecule has 0 aromatic heterocycles. The van der Waals surface area contributed by atoms with Crippen molar-refractivity contribution in [3.63, 3.8) is 0 Å². The molecule has 2 atom stereocenters. The van der Waals surface area contributed by atoms with Crippen LogP contribution in [-0.4, -0.2) is 30.3 Å². The number of benzene rings is 3. The number of carbonyl (C=O) groups is 2. The predicted molar refractivity (Wildman–Crippen MR) is 144 cm³/mol. The fourth-order valence-electron chi connectivity index (χ4n) is 3.34. The van der Waals surface area contributed by atoms with E-state index in [1.54, 1.807) is 78.9 Å². The van der Waals surface area contributed by atoms with Crippen molar-refractivity contribution in [3.05, 3.63) is 95.0 Å². The van der Waals surface area contributed by atoms with Gasteiger partial charge >= 0.3 is 6.09 Å². The molecule has 0 bridgehead atoms. The third-order valence-electron chi connectivity index (χ3n) is 5.12. The van der Waals surface area contributed by atoms with E-state index in [0.29, 0.717) is 28.4 Å². The average molecular weight is 554 g/mol. The third kappa shape index (κ3) is 8.14. The minimum absolute atomic E-state index is 0.125. The van der Waals surface area contributed by atoms with E-state index in [0.717, 1.165) is 4.47 Å². The lowest BCUT2D eigenvalue weighted by atomic mass is 9.96. The van der Waals surface area contributed by atoms with E-state index < -0.39 is 12.2 Å². The number of halogens is 1. The van der Waals surface area contributed by atoms with Gasteiger partial charge in [-0.25, -0.2) is 4.79 Å². The SMILES string of the molecule is C[C@H](/C=C/C(=O)Nc1ccccc1N)[C@H](OC(=O)Nc1ccc(Br)cc1)c1cccc(OCCO)c1. The fraction of sp³-hybridized carbons (Fsp3) is 0.185. The lowest BCUT2D eigenvalue weighted by Crippen LogP contribution is -2.21. The first-order valence-corrected chi connectivity index (χ1v) is 12.1. The molecule has 3 aromatic carbocycles. The molecular weight excluding hydrogens is 526 g/mol. The van der Waals surface area contributed by atoms with Crippen molar-refractivity contribution in [2.75, 3.05) is 29.6 Å². The zero-order chi connectivity index (χ0) is 25.9. The number of amides is 2. The predicted octanol–water partition coefficient (Wildman–Crippen LogP) is 5.52. The number of nitrogen functional groups attached to an aromatic ring is 1. The van der Waals surface area contributed by atoms with Gasteiger partial charge in [0.05, 0.1) is 18.0 Å². The van der Waals surface area contributed by atoms with Crippen molar-refractivity contribution >= 4 is 45.0 Å². The average Bonchev–Trinajstić information content (AvgIpc) is 2.87. The van der Waals surface area contributed by atoms with Crippen molar-refractivity contribution in [3.8, 4) is 5.75 Å². The van der Waals surface area contributed by atoms with Crippen molar-refractivity contribution in [2.24, 2.45) is 5.92 Å². The van der Waals surface area contributed by atoms with E-state index in [1.807, 2.05) is 6.92 Å². The largest absolute Gasteiger partial charge is 0.491 e. The highest BCUT2D eigenvalue weighted by Gasteiger charge is 2.23. The molecule has 0 spiro atoms. The van der Waals surface area contributed by atoms with Gasteiger partial charge in [0, 0.05) is 16.1 Å². The lowest BCUT2D eigenvalue weighted by Gasteiger charge is -2.23. The fourth-order valence-corrected chi connectivity index (χ4v) is 3.61. The van der Waals surface area contributed by atoms with E-state index >= 15 is 0 Å². The number of para-hydroxylation sites is 2. The van der Waals surface area contributed by atoms with Crippen LogP contribution < -0.4 is 21.1 Å². The van der Waals surface area contributed by atoms with Gasteiger partial charge in [0.2, 0.25) is 5.91 Å². The van der Waals surface area contributed by atoms with Crippen LogP contribution in [0.4, 0.5) is 21.9 Å². The van der Waals surface area contributed by atoms with E-state index in [2.05, 4.69) is 26.6 Å². The zero-order valence-corrected chi connectivity index (χ0v) is 21.3. The van der Waals surface area contributed by atoms with E-state index in [4.69, 9.17) is 20.3 Å². The molecule has 0 saturated heterocycles. The highest BCUT2D eigenvalue weighted by molar-refractivity contribution is 9.10. The van der Waals surface area contributed by atoms with Gasteiger partial charge in [-0.05, 0) is 60.2 Å². The van der Waals surface area contributed by atoms with Crippen molar-refractivity contribution in [2.45, 2.75) is 13.0 Å². The highest BCUT2D eigenvalue weighted by Crippen LogP contribution is 2.30. The summed E-state index contributed by atoms with van der Waals surface area (Å²) < 4.78 is 12.2. The number of ether oxygens (including phenoxy) is 2. The summed E-state index contributed by atoms with van der Waals surface area (Å²) in [6.07, 6.45) is 1.66. The molecule has 0 unspecified atom stereocenters. The second-order valence-electron chi connectivity index (χ2n) is 7.90. The molecule has 8 nitrogen and oxygen atoms in total. The molecule has 3 aromatic rings. The van der Waals surface area contributed by atoms with Crippen LogP contribution in [0.1, 0.15) is 18.6 Å². The van der Waals surface area contributed by atoms with Gasteiger partial charge in [0.15, 0.2) is 0 Å². The Kier molecular flexibility index (Phi) is 9.91. The van der Waals surface area contributed by atoms with Crippen molar-refractivity contribution < 1.29 is 24.2 Å². The maximum absolute atomic E-state index is 12.7. The van der Waals surface area contributed by atoms with Gasteiger partial charge < -0.3 is 25.6 Å². The summed E-state index contributed by atoms with van der Waals surface area (Å²) in [5, 5.41) is 14.5. The molecule has 0 aliphatic carbocycles. The minimum Gasteiger partial charge on any atom is -0.491 e. The number of hydrogen-bond donors (Lipinski definition) is 4. The van der Waals surface area contributed by atoms with Crippen LogP contribution >= 0.6 is 15.9 Å². The first kappa shape index (κ1) is 26.8. The number of aliphatic hydroxyl groups excluding tert-OH is 1. The Morgan fingerprint density at radius 3 is 2.53 bits per heavy atom. The van der Waals surface area contributed by atoms with Gasteiger partial charge in [0.25, 0.3) is 0 Å². The Morgan fingerprint density at radius 1 is 1.06 bits per heavy atom. The normalized spacial score (nSPS) is 12.5.